The van der Waals surface area contributed by atoms with Crippen molar-refractivity contribution in [1.29, 1.82) is 0 Å². The largest absolute Gasteiger partial charge is 0.495 e. The maximum atomic E-state index is 13.2. The van der Waals surface area contributed by atoms with Gasteiger partial charge in [0.15, 0.2) is 0 Å². The minimum atomic E-state index is -5.75. The van der Waals surface area contributed by atoms with E-state index in [0.29, 0.717) is 0 Å². The molecule has 0 spiro atoms. The molecular weight excluding hydrogens is 388 g/mol. The van der Waals surface area contributed by atoms with Crippen molar-refractivity contribution in [2.24, 2.45) is 5.73 Å². The van der Waals surface area contributed by atoms with E-state index in [2.05, 4.69) is 15.9 Å². The third kappa shape index (κ3) is 3.89. The average molecular weight is 401 g/mol. The highest BCUT2D eigenvalue weighted by atomic mass is 79.9. The number of hydrogen-bond donors (Lipinski definition) is 1. The molecule has 10 heteroatoms. The van der Waals surface area contributed by atoms with Gasteiger partial charge in [-0.2, -0.15) is 22.0 Å². The van der Waals surface area contributed by atoms with Crippen LogP contribution in [0, 0.1) is 0 Å². The van der Waals surface area contributed by atoms with E-state index in [0.717, 1.165) is 12.1 Å². The molecule has 1 aromatic rings. The van der Waals surface area contributed by atoms with Crippen LogP contribution in [0.15, 0.2) is 16.6 Å². The van der Waals surface area contributed by atoms with Gasteiger partial charge in [-0.05, 0) is 33.6 Å². The molecule has 2 N–H and O–H groups in total. The van der Waals surface area contributed by atoms with E-state index < -0.39 is 23.7 Å². The Balaban J connectivity index is 0.00000400. The molecule has 0 fully saturated rings. The van der Waals surface area contributed by atoms with E-state index >= 15 is 0 Å². The predicted octanol–water partition coefficient (Wildman–Crippen LogP) is 4.09. The van der Waals surface area contributed by atoms with Crippen molar-refractivity contribution in [3.8, 4) is 11.5 Å². The molecule has 0 aliphatic rings. The fourth-order valence-electron chi connectivity index (χ4n) is 1.45. The Bertz CT molecular complexity index is 473. The maximum Gasteiger partial charge on any atom is 0.455 e. The molecule has 0 radical (unpaired) electrons. The number of hydrogen-bond acceptors (Lipinski definition) is 3. The average Bonchev–Trinajstić information content (AvgIpc) is 2.36. The Morgan fingerprint density at radius 1 is 1.05 bits per heavy atom. The van der Waals surface area contributed by atoms with Gasteiger partial charge in [-0.25, -0.2) is 0 Å². The summed E-state index contributed by atoms with van der Waals surface area (Å²) >= 11 is 3.07. The summed E-state index contributed by atoms with van der Waals surface area (Å²) in [5.41, 5.74) is 4.61. The zero-order valence-corrected chi connectivity index (χ0v) is 13.2. The van der Waals surface area contributed by atoms with Crippen molar-refractivity contribution in [2.75, 3.05) is 14.2 Å². The fraction of sp³-hybridized carbons (Fsp3) is 0.455. The van der Waals surface area contributed by atoms with Gasteiger partial charge in [-0.3, -0.25) is 0 Å². The lowest BCUT2D eigenvalue weighted by atomic mass is 10.0. The number of ether oxygens (including phenoxy) is 2. The monoisotopic (exact) mass is 399 g/mol. The van der Waals surface area contributed by atoms with Gasteiger partial charge in [0.1, 0.15) is 22.0 Å². The smallest absolute Gasteiger partial charge is 0.455 e. The summed E-state index contributed by atoms with van der Waals surface area (Å²) in [5, 5.41) is 0. The summed E-state index contributed by atoms with van der Waals surface area (Å²) in [6, 6.07) is -0.577. The third-order valence-electron chi connectivity index (χ3n) is 2.60. The number of rotatable bonds is 4. The van der Waals surface area contributed by atoms with Crippen molar-refractivity contribution in [3.05, 3.63) is 22.2 Å². The molecule has 1 rings (SSSR count). The normalized spacial score (nSPS) is 13.4. The zero-order chi connectivity index (χ0) is 15.7. The molecule has 3 nitrogen and oxygen atoms in total. The molecule has 0 saturated heterocycles. The van der Waals surface area contributed by atoms with Gasteiger partial charge < -0.3 is 15.2 Å². The van der Waals surface area contributed by atoms with Crippen LogP contribution in [0.2, 0.25) is 0 Å². The van der Waals surface area contributed by atoms with Crippen LogP contribution >= 0.6 is 28.3 Å². The van der Waals surface area contributed by atoms with Crippen LogP contribution in [0.1, 0.15) is 11.6 Å². The minimum absolute atomic E-state index is 0. The van der Waals surface area contributed by atoms with Crippen LogP contribution in [0.4, 0.5) is 22.0 Å². The van der Waals surface area contributed by atoms with Crippen molar-refractivity contribution in [3.63, 3.8) is 0 Å². The molecular formula is C11H12BrClF5NO2. The minimum Gasteiger partial charge on any atom is -0.495 e. The zero-order valence-electron chi connectivity index (χ0n) is 10.8. The van der Waals surface area contributed by atoms with E-state index in [1.165, 1.54) is 14.2 Å². The number of halogens is 7. The molecule has 0 bridgehead atoms. The van der Waals surface area contributed by atoms with E-state index in [1.54, 1.807) is 0 Å². The first-order valence-corrected chi connectivity index (χ1v) is 5.97. The Morgan fingerprint density at radius 2 is 1.43 bits per heavy atom. The maximum absolute atomic E-state index is 13.2. The van der Waals surface area contributed by atoms with Crippen molar-refractivity contribution >= 4 is 28.3 Å². The Labute approximate surface area is 132 Å². The van der Waals surface area contributed by atoms with Crippen molar-refractivity contribution in [2.45, 2.75) is 18.1 Å². The molecule has 0 aliphatic carbocycles. The Kier molecular flexibility index (Phi) is 6.71. The Hall–Kier alpha value is -0.800. The van der Waals surface area contributed by atoms with E-state index in [-0.39, 0.29) is 28.4 Å². The highest BCUT2D eigenvalue weighted by Gasteiger charge is 2.61. The fourth-order valence-corrected chi connectivity index (χ4v) is 2.01. The highest BCUT2D eigenvalue weighted by molar-refractivity contribution is 9.10. The van der Waals surface area contributed by atoms with E-state index in [9.17, 15) is 22.0 Å². The van der Waals surface area contributed by atoms with Crippen LogP contribution in [-0.4, -0.2) is 26.3 Å². The molecule has 1 atom stereocenters. The molecule has 122 valence electrons. The third-order valence-corrected chi connectivity index (χ3v) is 3.38. The van der Waals surface area contributed by atoms with Gasteiger partial charge >= 0.3 is 12.1 Å². The molecule has 0 heterocycles. The lowest BCUT2D eigenvalue weighted by Crippen LogP contribution is -2.45. The van der Waals surface area contributed by atoms with Gasteiger partial charge in [0, 0.05) is 0 Å². The summed E-state index contributed by atoms with van der Waals surface area (Å²) in [7, 11) is 2.47. The molecule has 0 unspecified atom stereocenters. The van der Waals surface area contributed by atoms with Crippen LogP contribution in [0.25, 0.3) is 0 Å². The highest BCUT2D eigenvalue weighted by Crippen LogP contribution is 2.45. The summed E-state index contributed by atoms with van der Waals surface area (Å²) < 4.78 is 73.4. The quantitative estimate of drug-likeness (QED) is 0.775. The molecule has 0 saturated carbocycles. The number of nitrogens with two attached hydrogens (primary N) is 1. The standard InChI is InChI=1S/C11H11BrF5NO2.ClH/c1-19-6-3-5(4-7(20-2)8(6)12)9(18)10(13,14)11(15,16)17;/h3-4,9H,18H2,1-2H3;1H/t9-;/m1./s1. The lowest BCUT2D eigenvalue weighted by molar-refractivity contribution is -0.291. The first-order valence-electron chi connectivity index (χ1n) is 5.17. The van der Waals surface area contributed by atoms with Crippen LogP contribution in [-0.2, 0) is 0 Å². The first kappa shape index (κ1) is 20.2. The molecule has 1 aromatic carbocycles. The van der Waals surface area contributed by atoms with E-state index in [1.807, 2.05) is 0 Å². The van der Waals surface area contributed by atoms with Gasteiger partial charge in [0.2, 0.25) is 0 Å². The number of methoxy groups -OCH3 is 2. The van der Waals surface area contributed by atoms with Crippen LogP contribution in [0.3, 0.4) is 0 Å². The second kappa shape index (κ2) is 6.97. The first-order chi connectivity index (χ1) is 9.06. The summed E-state index contributed by atoms with van der Waals surface area (Å²) in [6.45, 7) is 0. The topological polar surface area (TPSA) is 44.5 Å². The summed E-state index contributed by atoms with van der Waals surface area (Å²) in [4.78, 5) is 0. The van der Waals surface area contributed by atoms with Crippen molar-refractivity contribution < 1.29 is 31.4 Å². The number of benzene rings is 1. The summed E-state index contributed by atoms with van der Waals surface area (Å²) in [6.07, 6.45) is -5.75. The van der Waals surface area contributed by atoms with Gasteiger partial charge in [-0.1, -0.05) is 0 Å². The Morgan fingerprint density at radius 3 is 1.71 bits per heavy atom. The number of alkyl halides is 5. The van der Waals surface area contributed by atoms with E-state index in [4.69, 9.17) is 15.2 Å². The molecule has 0 aliphatic heterocycles. The van der Waals surface area contributed by atoms with Crippen LogP contribution < -0.4 is 15.2 Å². The van der Waals surface area contributed by atoms with Crippen LogP contribution in [0.5, 0.6) is 11.5 Å². The van der Waals surface area contributed by atoms with Crippen molar-refractivity contribution in [1.82, 2.24) is 0 Å². The predicted molar refractivity (Wildman–Crippen MR) is 72.4 cm³/mol. The SMILES string of the molecule is COc1cc([C@@H](N)C(F)(F)C(F)(F)F)cc(OC)c1Br.Cl. The summed E-state index contributed by atoms with van der Waals surface area (Å²) in [5.74, 6) is -5.00. The second-order valence-electron chi connectivity index (χ2n) is 3.84. The second-order valence-corrected chi connectivity index (χ2v) is 4.63. The van der Waals surface area contributed by atoms with Gasteiger partial charge in [-0.15, -0.1) is 12.4 Å². The molecule has 21 heavy (non-hydrogen) atoms. The van der Waals surface area contributed by atoms with Gasteiger partial charge in [0.25, 0.3) is 0 Å². The lowest BCUT2D eigenvalue weighted by Gasteiger charge is -2.26. The molecule has 0 amide bonds. The van der Waals surface area contributed by atoms with Gasteiger partial charge in [0.05, 0.1) is 14.2 Å². The molecule has 0 aromatic heterocycles.